The fourth-order valence-electron chi connectivity index (χ4n) is 1.67. The molecule has 1 rings (SSSR count). The highest BCUT2D eigenvalue weighted by molar-refractivity contribution is 6.83. The Morgan fingerprint density at radius 1 is 1.22 bits per heavy atom. The number of rotatable bonds is 3. The second kappa shape index (κ2) is 6.60. The number of hydrogen-bond donors (Lipinski definition) is 0. The Bertz CT molecular complexity index is 370. The van der Waals surface area contributed by atoms with Crippen molar-refractivity contribution in [2.45, 2.75) is 38.9 Å². The highest BCUT2D eigenvalue weighted by Gasteiger charge is 2.20. The maximum absolute atomic E-state index is 11.6. The lowest BCUT2D eigenvalue weighted by Gasteiger charge is -2.13. The third kappa shape index (κ3) is 5.87. The van der Waals surface area contributed by atoms with Crippen molar-refractivity contribution in [3.8, 4) is 11.5 Å². The van der Waals surface area contributed by atoms with Crippen LogP contribution in [0.25, 0.3) is 0 Å². The van der Waals surface area contributed by atoms with E-state index in [1.807, 2.05) is 0 Å². The summed E-state index contributed by atoms with van der Waals surface area (Å²) in [5.41, 5.74) is 3.10. The molecular formula is C13H21NO3Si. The van der Waals surface area contributed by atoms with Crippen LogP contribution in [0.3, 0.4) is 0 Å². The van der Waals surface area contributed by atoms with E-state index in [1.165, 1.54) is 0 Å². The molecule has 0 aromatic rings. The minimum Gasteiger partial charge on any atom is -0.452 e. The molecule has 5 heteroatoms. The number of nitrogens with zero attached hydrogens (tertiary/aromatic N) is 1. The molecule has 0 spiro atoms. The number of amides is 1. The van der Waals surface area contributed by atoms with Gasteiger partial charge in [-0.1, -0.05) is 25.6 Å². The number of hydrogen-bond acceptors (Lipinski definition) is 3. The predicted octanol–water partition coefficient (Wildman–Crippen LogP) is 1.42. The Morgan fingerprint density at radius 2 is 1.83 bits per heavy atom. The van der Waals surface area contributed by atoms with E-state index in [-0.39, 0.29) is 18.9 Å². The Kier molecular flexibility index (Phi) is 5.42. The molecule has 18 heavy (non-hydrogen) atoms. The Balaban J connectivity index is 2.24. The lowest BCUT2D eigenvalue weighted by Crippen LogP contribution is -2.30. The smallest absolute Gasteiger partial charge is 0.316 e. The topological polar surface area (TPSA) is 46.6 Å². The zero-order chi connectivity index (χ0) is 13.6. The average Bonchev–Trinajstić information content (AvgIpc) is 2.76. The summed E-state index contributed by atoms with van der Waals surface area (Å²) in [7, 11) is -1.41. The molecule has 0 bridgehead atoms. The van der Waals surface area contributed by atoms with Crippen molar-refractivity contribution in [2.24, 2.45) is 0 Å². The van der Waals surface area contributed by atoms with E-state index < -0.39 is 14.0 Å². The maximum Gasteiger partial charge on any atom is 0.316 e. The number of likely N-dealkylation sites (tertiary alicyclic amines) is 1. The van der Waals surface area contributed by atoms with Crippen molar-refractivity contribution in [1.29, 1.82) is 0 Å². The van der Waals surface area contributed by atoms with Gasteiger partial charge in [0.2, 0.25) is 5.91 Å². The first-order valence-electron chi connectivity index (χ1n) is 6.32. The summed E-state index contributed by atoms with van der Waals surface area (Å²) >= 11 is 0. The quantitative estimate of drug-likeness (QED) is 0.336. The van der Waals surface area contributed by atoms with E-state index in [9.17, 15) is 9.59 Å². The van der Waals surface area contributed by atoms with Gasteiger partial charge in [-0.3, -0.25) is 9.59 Å². The van der Waals surface area contributed by atoms with Crippen LogP contribution in [0.5, 0.6) is 0 Å². The molecule has 0 saturated carbocycles. The van der Waals surface area contributed by atoms with Gasteiger partial charge in [0.25, 0.3) is 0 Å². The van der Waals surface area contributed by atoms with Crippen LogP contribution in [-0.2, 0) is 14.3 Å². The van der Waals surface area contributed by atoms with E-state index in [4.69, 9.17) is 4.74 Å². The van der Waals surface area contributed by atoms with Crippen LogP contribution in [0.2, 0.25) is 19.6 Å². The van der Waals surface area contributed by atoms with E-state index in [0.717, 1.165) is 25.9 Å². The molecule has 1 amide bonds. The fourth-order valence-corrected chi connectivity index (χ4v) is 2.27. The van der Waals surface area contributed by atoms with E-state index in [0.29, 0.717) is 0 Å². The Morgan fingerprint density at radius 3 is 2.39 bits per heavy atom. The van der Waals surface area contributed by atoms with Crippen LogP contribution >= 0.6 is 0 Å². The molecule has 0 aromatic heterocycles. The van der Waals surface area contributed by atoms with Crippen molar-refractivity contribution < 1.29 is 14.3 Å². The molecular weight excluding hydrogens is 246 g/mol. The van der Waals surface area contributed by atoms with Gasteiger partial charge in [0.1, 0.15) is 14.5 Å². The number of carbonyl (C=O) groups is 2. The van der Waals surface area contributed by atoms with Crippen LogP contribution in [0.1, 0.15) is 19.3 Å². The molecule has 0 aromatic carbocycles. The minimum atomic E-state index is -1.41. The second-order valence-electron chi connectivity index (χ2n) is 5.48. The molecule has 0 unspecified atom stereocenters. The molecule has 100 valence electrons. The first-order valence-corrected chi connectivity index (χ1v) is 9.82. The highest BCUT2D eigenvalue weighted by atomic mass is 28.3. The molecule has 1 fully saturated rings. The van der Waals surface area contributed by atoms with E-state index >= 15 is 0 Å². The molecule has 0 aliphatic carbocycles. The van der Waals surface area contributed by atoms with Crippen molar-refractivity contribution in [3.63, 3.8) is 0 Å². The monoisotopic (exact) mass is 267 g/mol. The maximum atomic E-state index is 11.6. The van der Waals surface area contributed by atoms with Gasteiger partial charge >= 0.3 is 5.97 Å². The lowest BCUT2D eigenvalue weighted by atomic mass is 10.4. The van der Waals surface area contributed by atoms with Crippen LogP contribution in [0.4, 0.5) is 0 Å². The zero-order valence-electron chi connectivity index (χ0n) is 11.4. The summed E-state index contributed by atoms with van der Waals surface area (Å²) in [6.07, 6.45) is 1.90. The fraction of sp³-hybridized carbons (Fsp3) is 0.692. The van der Waals surface area contributed by atoms with Crippen molar-refractivity contribution in [1.82, 2.24) is 4.90 Å². The van der Waals surface area contributed by atoms with Crippen molar-refractivity contribution >= 4 is 20.0 Å². The summed E-state index contributed by atoms with van der Waals surface area (Å²) < 4.78 is 4.93. The minimum absolute atomic E-state index is 0.0936. The van der Waals surface area contributed by atoms with Gasteiger partial charge in [-0.15, -0.1) is 5.54 Å². The normalized spacial score (nSPS) is 14.9. The Labute approximate surface area is 110 Å². The van der Waals surface area contributed by atoms with Crippen LogP contribution in [0.15, 0.2) is 0 Å². The third-order valence-corrected chi connectivity index (χ3v) is 3.45. The average molecular weight is 267 g/mol. The summed E-state index contributed by atoms with van der Waals surface area (Å²) in [6.45, 7) is 8.00. The summed E-state index contributed by atoms with van der Waals surface area (Å²) in [4.78, 5) is 24.8. The summed E-state index contributed by atoms with van der Waals surface area (Å²) in [6, 6.07) is 0. The molecule has 4 nitrogen and oxygen atoms in total. The first-order chi connectivity index (χ1) is 8.38. The largest absolute Gasteiger partial charge is 0.452 e. The zero-order valence-corrected chi connectivity index (χ0v) is 12.4. The molecule has 1 aliphatic rings. The van der Waals surface area contributed by atoms with Crippen LogP contribution in [0, 0.1) is 11.5 Å². The molecule has 0 N–H and O–H groups in total. The molecule has 1 saturated heterocycles. The number of carbonyl (C=O) groups excluding carboxylic acids is 2. The SMILES string of the molecule is C[Si](C)(C)C#CCOC(=O)CC(=O)N1CCCC1. The van der Waals surface area contributed by atoms with Gasteiger partial charge in [-0.05, 0) is 12.8 Å². The molecule has 0 radical (unpaired) electrons. The molecule has 1 heterocycles. The van der Waals surface area contributed by atoms with Crippen LogP contribution in [-0.4, -0.2) is 44.5 Å². The molecule has 0 atom stereocenters. The van der Waals surface area contributed by atoms with Crippen LogP contribution < -0.4 is 0 Å². The number of ether oxygens (including phenoxy) is 1. The van der Waals surface area contributed by atoms with Crippen molar-refractivity contribution in [3.05, 3.63) is 0 Å². The summed E-state index contributed by atoms with van der Waals surface area (Å²) in [5, 5.41) is 0. The van der Waals surface area contributed by atoms with Gasteiger partial charge in [0.15, 0.2) is 6.61 Å². The first kappa shape index (κ1) is 14.8. The Hall–Kier alpha value is -1.28. The van der Waals surface area contributed by atoms with E-state index in [2.05, 4.69) is 31.1 Å². The number of esters is 1. The molecule has 1 aliphatic heterocycles. The standard InChI is InChI=1S/C13H21NO3Si/c1-18(2,3)10-6-9-17-13(16)11-12(15)14-7-4-5-8-14/h4-5,7-9,11H2,1-3H3. The summed E-state index contributed by atoms with van der Waals surface area (Å²) in [5.74, 6) is 2.24. The predicted molar refractivity (Wildman–Crippen MR) is 72.5 cm³/mol. The highest BCUT2D eigenvalue weighted by Crippen LogP contribution is 2.09. The lowest BCUT2D eigenvalue weighted by molar-refractivity contribution is -0.147. The second-order valence-corrected chi connectivity index (χ2v) is 10.2. The van der Waals surface area contributed by atoms with Crippen molar-refractivity contribution in [2.75, 3.05) is 19.7 Å². The third-order valence-electron chi connectivity index (χ3n) is 2.52. The van der Waals surface area contributed by atoms with Gasteiger partial charge in [0, 0.05) is 13.1 Å². The van der Waals surface area contributed by atoms with E-state index in [1.54, 1.807) is 4.90 Å². The van der Waals surface area contributed by atoms with Gasteiger partial charge in [-0.25, -0.2) is 0 Å². The van der Waals surface area contributed by atoms with Gasteiger partial charge < -0.3 is 9.64 Å². The van der Waals surface area contributed by atoms with Gasteiger partial charge in [0.05, 0.1) is 0 Å². The van der Waals surface area contributed by atoms with Gasteiger partial charge in [-0.2, -0.15) is 0 Å².